The van der Waals surface area contributed by atoms with Gasteiger partial charge < -0.3 is 10.1 Å². The average molecular weight is 217 g/mol. The fraction of sp³-hybridized carbons (Fsp3) is 0.308. The Morgan fingerprint density at radius 3 is 3.25 bits per heavy atom. The number of rotatable bonds is 5. The highest BCUT2D eigenvalue weighted by Crippen LogP contribution is 2.29. The number of para-hydroxylation sites is 1. The summed E-state index contributed by atoms with van der Waals surface area (Å²) in [5, 5.41) is 3.00. The minimum absolute atomic E-state index is 0.0700. The molecular weight excluding hydrogens is 202 g/mol. The molecule has 0 bridgehead atoms. The first-order chi connectivity index (χ1) is 7.83. The van der Waals surface area contributed by atoms with Gasteiger partial charge in [0.05, 0.1) is 18.7 Å². The largest absolute Gasteiger partial charge is 0.492 e. The number of benzene rings is 1. The second-order valence-corrected chi connectivity index (χ2v) is 3.74. The van der Waals surface area contributed by atoms with Crippen molar-refractivity contribution in [2.24, 2.45) is 0 Å². The van der Waals surface area contributed by atoms with Crippen LogP contribution in [0.4, 0.5) is 0 Å². The zero-order chi connectivity index (χ0) is 11.4. The van der Waals surface area contributed by atoms with E-state index in [1.54, 1.807) is 6.08 Å². The lowest BCUT2D eigenvalue weighted by atomic mass is 10.0. The summed E-state index contributed by atoms with van der Waals surface area (Å²) in [6.07, 6.45) is 2.63. The number of ether oxygens (including phenoxy) is 1. The van der Waals surface area contributed by atoms with Gasteiger partial charge in [0.1, 0.15) is 5.75 Å². The maximum Gasteiger partial charge on any atom is 0.180 e. The summed E-state index contributed by atoms with van der Waals surface area (Å²) in [6.45, 7) is 5.24. The van der Waals surface area contributed by atoms with Crippen molar-refractivity contribution in [3.05, 3.63) is 42.0 Å². The van der Waals surface area contributed by atoms with Crippen LogP contribution in [-0.2, 0) is 6.42 Å². The number of carbonyl (C=O) groups is 1. The van der Waals surface area contributed by atoms with Gasteiger partial charge in [-0.25, -0.2) is 0 Å². The molecule has 1 aromatic carbocycles. The molecule has 1 aliphatic rings. The topological polar surface area (TPSA) is 38.3 Å². The molecule has 1 N–H and O–H groups in total. The summed E-state index contributed by atoms with van der Waals surface area (Å²) < 4.78 is 5.49. The molecule has 1 aromatic rings. The van der Waals surface area contributed by atoms with Gasteiger partial charge >= 0.3 is 0 Å². The Morgan fingerprint density at radius 2 is 2.44 bits per heavy atom. The lowest BCUT2D eigenvalue weighted by Gasteiger charge is -2.07. The Labute approximate surface area is 95.1 Å². The number of ketones is 1. The SMILES string of the molecule is C=CCNCC(=O)c1cccc2c1OCC2. The summed E-state index contributed by atoms with van der Waals surface area (Å²) >= 11 is 0. The van der Waals surface area contributed by atoms with Gasteiger partial charge in [-0.1, -0.05) is 18.2 Å². The number of carbonyl (C=O) groups excluding carboxylic acids is 1. The molecule has 0 saturated carbocycles. The van der Waals surface area contributed by atoms with Crippen LogP contribution in [-0.4, -0.2) is 25.5 Å². The van der Waals surface area contributed by atoms with Gasteiger partial charge in [-0.3, -0.25) is 4.79 Å². The van der Waals surface area contributed by atoms with Crippen molar-refractivity contribution in [1.29, 1.82) is 0 Å². The van der Waals surface area contributed by atoms with Crippen LogP contribution in [0.1, 0.15) is 15.9 Å². The van der Waals surface area contributed by atoms with E-state index in [4.69, 9.17) is 4.74 Å². The van der Waals surface area contributed by atoms with Crippen molar-refractivity contribution in [2.45, 2.75) is 6.42 Å². The molecule has 0 atom stereocenters. The monoisotopic (exact) mass is 217 g/mol. The van der Waals surface area contributed by atoms with E-state index in [0.717, 1.165) is 17.7 Å². The highest BCUT2D eigenvalue weighted by molar-refractivity contribution is 6.00. The second kappa shape index (κ2) is 4.94. The number of Topliss-reactive ketones (excluding diaryl/α,β-unsaturated/α-hetero) is 1. The first-order valence-corrected chi connectivity index (χ1v) is 5.42. The Bertz CT molecular complexity index is 412. The summed E-state index contributed by atoms with van der Waals surface area (Å²) in [5.74, 6) is 0.841. The molecule has 3 heteroatoms. The van der Waals surface area contributed by atoms with Crippen LogP contribution in [0.15, 0.2) is 30.9 Å². The average Bonchev–Trinajstić information content (AvgIpc) is 2.76. The second-order valence-electron chi connectivity index (χ2n) is 3.74. The van der Waals surface area contributed by atoms with E-state index >= 15 is 0 Å². The van der Waals surface area contributed by atoms with Gasteiger partial charge in [-0.05, 0) is 11.6 Å². The zero-order valence-corrected chi connectivity index (χ0v) is 9.16. The van der Waals surface area contributed by atoms with Gasteiger partial charge in [0, 0.05) is 13.0 Å². The van der Waals surface area contributed by atoms with Crippen LogP contribution in [0.2, 0.25) is 0 Å². The van der Waals surface area contributed by atoms with Gasteiger partial charge in [0.15, 0.2) is 5.78 Å². The fourth-order valence-electron chi connectivity index (χ4n) is 1.82. The molecule has 3 nitrogen and oxygen atoms in total. The first-order valence-electron chi connectivity index (χ1n) is 5.42. The van der Waals surface area contributed by atoms with Crippen molar-refractivity contribution in [2.75, 3.05) is 19.7 Å². The van der Waals surface area contributed by atoms with Crippen LogP contribution < -0.4 is 10.1 Å². The molecule has 0 spiro atoms. The molecule has 1 aliphatic heterocycles. The third kappa shape index (κ3) is 2.14. The molecule has 0 aromatic heterocycles. The highest BCUT2D eigenvalue weighted by atomic mass is 16.5. The summed E-state index contributed by atoms with van der Waals surface area (Å²) in [5.41, 5.74) is 1.82. The molecule has 0 amide bonds. The Kier molecular flexibility index (Phi) is 3.37. The molecule has 84 valence electrons. The fourth-order valence-corrected chi connectivity index (χ4v) is 1.82. The molecule has 0 aliphatic carbocycles. The molecule has 0 saturated heterocycles. The van der Waals surface area contributed by atoms with E-state index in [9.17, 15) is 4.79 Å². The van der Waals surface area contributed by atoms with Crippen LogP contribution in [0.3, 0.4) is 0 Å². The third-order valence-corrected chi connectivity index (χ3v) is 2.59. The molecule has 0 unspecified atom stereocenters. The van der Waals surface area contributed by atoms with E-state index in [0.29, 0.717) is 25.3 Å². The van der Waals surface area contributed by atoms with Gasteiger partial charge in [-0.15, -0.1) is 6.58 Å². The minimum atomic E-state index is 0.0700. The van der Waals surface area contributed by atoms with Crippen LogP contribution in [0.25, 0.3) is 0 Å². The van der Waals surface area contributed by atoms with Crippen molar-refractivity contribution in [1.82, 2.24) is 5.32 Å². The van der Waals surface area contributed by atoms with Crippen LogP contribution in [0.5, 0.6) is 5.75 Å². The lowest BCUT2D eigenvalue weighted by Crippen LogP contribution is -2.23. The number of fused-ring (bicyclic) bond motifs is 1. The number of hydrogen-bond acceptors (Lipinski definition) is 3. The van der Waals surface area contributed by atoms with Gasteiger partial charge in [0.25, 0.3) is 0 Å². The molecule has 1 heterocycles. The quantitative estimate of drug-likeness (QED) is 0.462. The predicted molar refractivity (Wildman–Crippen MR) is 63.0 cm³/mol. The molecule has 0 radical (unpaired) electrons. The summed E-state index contributed by atoms with van der Waals surface area (Å²) in [7, 11) is 0. The Morgan fingerprint density at radius 1 is 1.56 bits per heavy atom. The third-order valence-electron chi connectivity index (χ3n) is 2.59. The van der Waals surface area contributed by atoms with E-state index in [-0.39, 0.29) is 5.78 Å². The molecular formula is C13H15NO2. The van der Waals surface area contributed by atoms with Crippen molar-refractivity contribution >= 4 is 5.78 Å². The van der Waals surface area contributed by atoms with Crippen molar-refractivity contribution < 1.29 is 9.53 Å². The van der Waals surface area contributed by atoms with Gasteiger partial charge in [0.2, 0.25) is 0 Å². The van der Waals surface area contributed by atoms with Crippen molar-refractivity contribution in [3.8, 4) is 5.75 Å². The Balaban J connectivity index is 2.11. The van der Waals surface area contributed by atoms with E-state index < -0.39 is 0 Å². The molecule has 16 heavy (non-hydrogen) atoms. The van der Waals surface area contributed by atoms with Gasteiger partial charge in [-0.2, -0.15) is 0 Å². The van der Waals surface area contributed by atoms with E-state index in [1.807, 2.05) is 18.2 Å². The summed E-state index contributed by atoms with van der Waals surface area (Å²) in [6, 6.07) is 5.74. The van der Waals surface area contributed by atoms with Crippen LogP contribution in [0, 0.1) is 0 Å². The smallest absolute Gasteiger partial charge is 0.180 e. The first kappa shape index (κ1) is 10.9. The number of nitrogens with one attached hydrogen (secondary N) is 1. The molecule has 2 rings (SSSR count). The van der Waals surface area contributed by atoms with E-state index in [1.165, 1.54) is 0 Å². The van der Waals surface area contributed by atoms with Crippen molar-refractivity contribution in [3.63, 3.8) is 0 Å². The maximum absolute atomic E-state index is 11.9. The highest BCUT2D eigenvalue weighted by Gasteiger charge is 2.19. The summed E-state index contributed by atoms with van der Waals surface area (Å²) in [4.78, 5) is 11.9. The zero-order valence-electron chi connectivity index (χ0n) is 9.16. The maximum atomic E-state index is 11.9. The normalized spacial score (nSPS) is 13.0. The minimum Gasteiger partial charge on any atom is -0.492 e. The lowest BCUT2D eigenvalue weighted by molar-refractivity contribution is 0.0989. The molecule has 0 fully saturated rings. The number of hydrogen-bond donors (Lipinski definition) is 1. The predicted octanol–water partition coefficient (Wildman–Crippen LogP) is 1.58. The Hall–Kier alpha value is -1.61. The van der Waals surface area contributed by atoms with Crippen LogP contribution >= 0.6 is 0 Å². The standard InChI is InChI=1S/C13H15NO2/c1-2-7-14-9-12(15)11-5-3-4-10-6-8-16-13(10)11/h2-5,14H,1,6-9H2. The van der Waals surface area contributed by atoms with E-state index in [2.05, 4.69) is 11.9 Å².